The van der Waals surface area contributed by atoms with Crippen molar-refractivity contribution in [3.05, 3.63) is 68.9 Å². The van der Waals surface area contributed by atoms with E-state index in [9.17, 15) is 21.6 Å². The Morgan fingerprint density at radius 2 is 1.74 bits per heavy atom. The molecule has 0 aliphatic carbocycles. The summed E-state index contributed by atoms with van der Waals surface area (Å²) in [4.78, 5) is 2.09. The standard InChI is InChI=1S/C25H26Cl3F3N4O3S/c1-15-23(28)24(25(29,30)31)32-35(15)14-20(33-39(36,37)17-6-4-3-5-7-17)16-8-10-34(11-9-16)21-13-22(38-2)19(27)12-18(21)26/h3-7,12-13,16,20,33H,8-11,14H2,1-2H3. The summed E-state index contributed by atoms with van der Waals surface area (Å²) in [6, 6.07) is 10.4. The molecule has 1 N–H and O–H groups in total. The van der Waals surface area contributed by atoms with Crippen LogP contribution < -0.4 is 14.4 Å². The smallest absolute Gasteiger partial charge is 0.436 e. The van der Waals surface area contributed by atoms with E-state index in [2.05, 4.69) is 9.82 Å². The Morgan fingerprint density at radius 1 is 1.10 bits per heavy atom. The van der Waals surface area contributed by atoms with E-state index in [1.54, 1.807) is 30.3 Å². The van der Waals surface area contributed by atoms with Gasteiger partial charge in [-0.2, -0.15) is 18.3 Å². The minimum atomic E-state index is -4.74. The van der Waals surface area contributed by atoms with Crippen LogP contribution >= 0.6 is 34.8 Å². The number of benzene rings is 2. The number of nitrogens with one attached hydrogen (secondary N) is 1. The number of hydrogen-bond acceptors (Lipinski definition) is 5. The molecule has 1 aromatic heterocycles. The fourth-order valence-corrected chi connectivity index (χ4v) is 6.82. The van der Waals surface area contributed by atoms with Crippen molar-refractivity contribution in [1.82, 2.24) is 14.5 Å². The predicted molar refractivity (Wildman–Crippen MR) is 145 cm³/mol. The van der Waals surface area contributed by atoms with E-state index >= 15 is 0 Å². The van der Waals surface area contributed by atoms with Gasteiger partial charge in [-0.3, -0.25) is 4.68 Å². The van der Waals surface area contributed by atoms with E-state index in [0.717, 1.165) is 10.4 Å². The summed E-state index contributed by atoms with van der Waals surface area (Å²) in [5.74, 6) is 0.252. The molecular formula is C25H26Cl3F3N4O3S. The zero-order valence-corrected chi connectivity index (χ0v) is 24.1. The van der Waals surface area contributed by atoms with E-state index < -0.39 is 33.0 Å². The second-order valence-electron chi connectivity index (χ2n) is 9.23. The van der Waals surface area contributed by atoms with Gasteiger partial charge in [-0.15, -0.1) is 0 Å². The van der Waals surface area contributed by atoms with Crippen LogP contribution in [-0.2, 0) is 22.7 Å². The van der Waals surface area contributed by atoms with Gasteiger partial charge in [0.2, 0.25) is 10.0 Å². The molecule has 1 unspecified atom stereocenters. The van der Waals surface area contributed by atoms with Crippen molar-refractivity contribution < 1.29 is 26.3 Å². The number of aromatic nitrogens is 2. The number of sulfonamides is 1. The van der Waals surface area contributed by atoms with Crippen LogP contribution in [0.2, 0.25) is 15.1 Å². The van der Waals surface area contributed by atoms with E-state index in [-0.39, 0.29) is 23.1 Å². The molecule has 212 valence electrons. The fraction of sp³-hybridized carbons (Fsp3) is 0.400. The van der Waals surface area contributed by atoms with Crippen LogP contribution in [0, 0.1) is 12.8 Å². The average Bonchev–Trinajstić information content (AvgIpc) is 3.18. The monoisotopic (exact) mass is 624 g/mol. The molecular weight excluding hydrogens is 600 g/mol. The van der Waals surface area contributed by atoms with Crippen LogP contribution in [0.3, 0.4) is 0 Å². The molecule has 2 aromatic carbocycles. The molecule has 0 spiro atoms. The fourth-order valence-electron chi connectivity index (χ4n) is 4.68. The van der Waals surface area contributed by atoms with Crippen LogP contribution in [0.5, 0.6) is 5.75 Å². The lowest BCUT2D eigenvalue weighted by Gasteiger charge is -2.38. The number of nitrogens with zero attached hydrogens (tertiary/aromatic N) is 3. The molecule has 0 bridgehead atoms. The van der Waals surface area contributed by atoms with E-state index in [1.165, 1.54) is 26.2 Å². The average molecular weight is 626 g/mol. The SMILES string of the molecule is COc1cc(N2CCC(C(Cn3nc(C(F)(F)F)c(Cl)c3C)NS(=O)(=O)c3ccccc3)CC2)c(Cl)cc1Cl. The molecule has 1 atom stereocenters. The summed E-state index contributed by atoms with van der Waals surface area (Å²) in [5, 5.41) is 4.01. The van der Waals surface area contributed by atoms with Crippen LogP contribution in [-0.4, -0.2) is 44.4 Å². The van der Waals surface area contributed by atoms with Crippen molar-refractivity contribution in [2.75, 3.05) is 25.1 Å². The third kappa shape index (κ3) is 6.59. The molecule has 4 rings (SSSR count). The highest BCUT2D eigenvalue weighted by atomic mass is 35.5. The molecule has 0 amide bonds. The minimum absolute atomic E-state index is 0.0543. The van der Waals surface area contributed by atoms with Crippen LogP contribution in [0.15, 0.2) is 47.4 Å². The first-order valence-corrected chi connectivity index (χ1v) is 14.6. The van der Waals surface area contributed by atoms with Gasteiger partial charge in [0.05, 0.1) is 45.0 Å². The molecule has 1 aliphatic rings. The van der Waals surface area contributed by atoms with Gasteiger partial charge in [-0.1, -0.05) is 53.0 Å². The lowest BCUT2D eigenvalue weighted by molar-refractivity contribution is -0.141. The van der Waals surface area contributed by atoms with Crippen molar-refractivity contribution in [2.24, 2.45) is 5.92 Å². The highest BCUT2D eigenvalue weighted by Crippen LogP contribution is 2.39. The Balaban J connectivity index is 1.61. The van der Waals surface area contributed by atoms with Crippen LogP contribution in [0.4, 0.5) is 18.9 Å². The van der Waals surface area contributed by atoms with Crippen LogP contribution in [0.1, 0.15) is 24.2 Å². The van der Waals surface area contributed by atoms with Crippen LogP contribution in [0.25, 0.3) is 0 Å². The second kappa shape index (κ2) is 11.7. The Labute approximate surface area is 239 Å². The zero-order chi connectivity index (χ0) is 28.5. The number of rotatable bonds is 8. The van der Waals surface area contributed by atoms with Gasteiger partial charge in [-0.05, 0) is 43.9 Å². The van der Waals surface area contributed by atoms with Gasteiger partial charge in [-0.25, -0.2) is 13.1 Å². The molecule has 1 aliphatic heterocycles. The number of alkyl halides is 3. The van der Waals surface area contributed by atoms with Crippen molar-refractivity contribution >= 4 is 50.5 Å². The maximum atomic E-state index is 13.4. The molecule has 39 heavy (non-hydrogen) atoms. The summed E-state index contributed by atoms with van der Waals surface area (Å²) >= 11 is 18.6. The van der Waals surface area contributed by atoms with Gasteiger partial charge < -0.3 is 9.64 Å². The summed E-state index contributed by atoms with van der Waals surface area (Å²) in [6.07, 6.45) is -3.68. The minimum Gasteiger partial charge on any atom is -0.495 e. The van der Waals surface area contributed by atoms with Crippen molar-refractivity contribution in [3.8, 4) is 5.75 Å². The number of methoxy groups -OCH3 is 1. The van der Waals surface area contributed by atoms with E-state index in [1.807, 2.05) is 4.90 Å². The largest absolute Gasteiger partial charge is 0.495 e. The number of ether oxygens (including phenoxy) is 1. The molecule has 2 heterocycles. The number of halogens is 6. The van der Waals surface area contributed by atoms with Gasteiger partial charge in [0.25, 0.3) is 0 Å². The predicted octanol–water partition coefficient (Wildman–Crippen LogP) is 6.44. The molecule has 1 saturated heterocycles. The number of anilines is 1. The Kier molecular flexibility index (Phi) is 8.97. The van der Waals surface area contributed by atoms with E-state index in [0.29, 0.717) is 41.7 Å². The van der Waals surface area contributed by atoms with Gasteiger partial charge >= 0.3 is 6.18 Å². The van der Waals surface area contributed by atoms with Crippen molar-refractivity contribution in [1.29, 1.82) is 0 Å². The number of piperidine rings is 1. The van der Waals surface area contributed by atoms with Gasteiger partial charge in [0, 0.05) is 25.2 Å². The van der Waals surface area contributed by atoms with Crippen molar-refractivity contribution in [3.63, 3.8) is 0 Å². The Hall–Kier alpha value is -2.18. The van der Waals surface area contributed by atoms with Crippen molar-refractivity contribution in [2.45, 2.75) is 43.4 Å². The Morgan fingerprint density at radius 3 is 2.31 bits per heavy atom. The highest BCUT2D eigenvalue weighted by Gasteiger charge is 2.39. The quantitative estimate of drug-likeness (QED) is 0.312. The maximum absolute atomic E-state index is 13.4. The third-order valence-corrected chi connectivity index (χ3v) is 9.36. The molecule has 7 nitrogen and oxygen atoms in total. The molecule has 14 heteroatoms. The van der Waals surface area contributed by atoms with Gasteiger partial charge in [0.1, 0.15) is 5.75 Å². The summed E-state index contributed by atoms with van der Waals surface area (Å²) in [6.45, 7) is 2.33. The maximum Gasteiger partial charge on any atom is 0.436 e. The summed E-state index contributed by atoms with van der Waals surface area (Å²) in [7, 11) is -2.47. The highest BCUT2D eigenvalue weighted by molar-refractivity contribution is 7.89. The second-order valence-corrected chi connectivity index (χ2v) is 12.1. The molecule has 0 saturated carbocycles. The van der Waals surface area contributed by atoms with Gasteiger partial charge in [0.15, 0.2) is 5.69 Å². The molecule has 0 radical (unpaired) electrons. The molecule has 1 fully saturated rings. The summed E-state index contributed by atoms with van der Waals surface area (Å²) in [5.41, 5.74) is -0.375. The lowest BCUT2D eigenvalue weighted by Crippen LogP contribution is -2.47. The van der Waals surface area contributed by atoms with E-state index in [4.69, 9.17) is 39.5 Å². The third-order valence-electron chi connectivity index (χ3n) is 6.80. The number of hydrogen-bond donors (Lipinski definition) is 1. The first-order valence-electron chi connectivity index (χ1n) is 12.0. The molecule has 3 aromatic rings. The first-order chi connectivity index (χ1) is 18.3. The Bertz CT molecular complexity index is 1430. The normalized spacial score (nSPS) is 15.9. The zero-order valence-electron chi connectivity index (χ0n) is 21.0. The summed E-state index contributed by atoms with van der Waals surface area (Å²) < 4.78 is 75.9. The first kappa shape index (κ1) is 29.8. The lowest BCUT2D eigenvalue weighted by atomic mass is 9.89. The topological polar surface area (TPSA) is 76.5 Å².